The minimum atomic E-state index is -3.37. The molecule has 0 aliphatic carbocycles. The summed E-state index contributed by atoms with van der Waals surface area (Å²) < 4.78 is 26.8. The molecule has 4 nitrogen and oxygen atoms in total. The lowest BCUT2D eigenvalue weighted by Gasteiger charge is -2.10. The van der Waals surface area contributed by atoms with Gasteiger partial charge in [-0.05, 0) is 43.0 Å². The van der Waals surface area contributed by atoms with Crippen molar-refractivity contribution in [1.29, 1.82) is 0 Å². The average molecular weight is 268 g/mol. The second-order valence-corrected chi connectivity index (χ2v) is 7.08. The molecule has 0 fully saturated rings. The minimum absolute atomic E-state index is 0.302. The van der Waals surface area contributed by atoms with E-state index in [1.54, 1.807) is 12.1 Å². The normalized spacial score (nSPS) is 18.8. The van der Waals surface area contributed by atoms with E-state index in [4.69, 9.17) is 0 Å². The van der Waals surface area contributed by atoms with E-state index in [0.29, 0.717) is 23.4 Å². The number of sulfonamides is 1. The largest absolute Gasteiger partial charge is 0.382 e. The zero-order valence-corrected chi connectivity index (χ0v) is 11.8. The van der Waals surface area contributed by atoms with E-state index in [9.17, 15) is 8.42 Å². The molecule has 0 radical (unpaired) electrons. The van der Waals surface area contributed by atoms with E-state index in [1.165, 1.54) is 0 Å². The molecule has 1 aliphatic heterocycles. The lowest BCUT2D eigenvalue weighted by Crippen LogP contribution is -2.27. The Bertz CT molecular complexity index is 538. The molecular weight excluding hydrogens is 248 g/mol. The Kier molecular flexibility index (Phi) is 3.64. The monoisotopic (exact) mass is 268 g/mol. The summed E-state index contributed by atoms with van der Waals surface area (Å²) in [6.45, 7) is 6.52. The van der Waals surface area contributed by atoms with Gasteiger partial charge in [-0.25, -0.2) is 13.1 Å². The van der Waals surface area contributed by atoms with Crippen LogP contribution in [0.3, 0.4) is 0 Å². The molecule has 0 spiro atoms. The predicted octanol–water partition coefficient (Wildman–Crippen LogP) is 1.98. The average Bonchev–Trinajstić information content (AvgIpc) is 2.65. The van der Waals surface area contributed by atoms with Gasteiger partial charge in [0.05, 0.1) is 4.90 Å². The standard InChI is InChI=1S/C13H20N2O2S/c1-9(2)8-14-18(16,17)12-4-5-13-11(7-12)6-10(3)15-13/h4-5,7,9-10,14-15H,6,8H2,1-3H3/t10-/m1/s1. The van der Waals surface area contributed by atoms with Gasteiger partial charge in [0.15, 0.2) is 0 Å². The van der Waals surface area contributed by atoms with Crippen LogP contribution < -0.4 is 10.0 Å². The smallest absolute Gasteiger partial charge is 0.240 e. The van der Waals surface area contributed by atoms with E-state index in [1.807, 2.05) is 19.9 Å². The number of nitrogens with one attached hydrogen (secondary N) is 2. The topological polar surface area (TPSA) is 58.2 Å². The summed E-state index contributed by atoms with van der Waals surface area (Å²) in [6, 6.07) is 5.66. The molecule has 2 rings (SSSR count). The first-order valence-electron chi connectivity index (χ1n) is 6.27. The summed E-state index contributed by atoms with van der Waals surface area (Å²) in [4.78, 5) is 0.359. The number of rotatable bonds is 4. The molecule has 18 heavy (non-hydrogen) atoms. The third-order valence-corrected chi connectivity index (χ3v) is 4.42. The number of hydrogen-bond acceptors (Lipinski definition) is 3. The van der Waals surface area contributed by atoms with Crippen molar-refractivity contribution in [1.82, 2.24) is 4.72 Å². The molecule has 0 aromatic heterocycles. The van der Waals surface area contributed by atoms with E-state index >= 15 is 0 Å². The fourth-order valence-corrected chi connectivity index (χ4v) is 3.32. The number of benzene rings is 1. The first-order valence-corrected chi connectivity index (χ1v) is 7.76. The van der Waals surface area contributed by atoms with Crippen molar-refractivity contribution in [2.75, 3.05) is 11.9 Å². The van der Waals surface area contributed by atoms with Crippen LogP contribution >= 0.6 is 0 Å². The molecular formula is C13H20N2O2S. The highest BCUT2D eigenvalue weighted by Gasteiger charge is 2.21. The highest BCUT2D eigenvalue weighted by Crippen LogP contribution is 2.27. The Hall–Kier alpha value is -1.07. The van der Waals surface area contributed by atoms with E-state index in [-0.39, 0.29) is 0 Å². The van der Waals surface area contributed by atoms with Crippen LogP contribution in [0.4, 0.5) is 5.69 Å². The van der Waals surface area contributed by atoms with Gasteiger partial charge in [0.2, 0.25) is 10.0 Å². The van der Waals surface area contributed by atoms with Crippen molar-refractivity contribution in [3.63, 3.8) is 0 Å². The molecule has 100 valence electrons. The summed E-state index contributed by atoms with van der Waals surface area (Å²) in [5, 5.41) is 3.31. The molecule has 0 saturated carbocycles. The van der Waals surface area contributed by atoms with Gasteiger partial charge in [0.1, 0.15) is 0 Å². The minimum Gasteiger partial charge on any atom is -0.382 e. The van der Waals surface area contributed by atoms with Crippen molar-refractivity contribution in [2.24, 2.45) is 5.92 Å². The molecule has 5 heteroatoms. The van der Waals surface area contributed by atoms with Crippen molar-refractivity contribution < 1.29 is 8.42 Å². The highest BCUT2D eigenvalue weighted by atomic mass is 32.2. The van der Waals surface area contributed by atoms with Gasteiger partial charge in [-0.15, -0.1) is 0 Å². The molecule has 0 amide bonds. The van der Waals surface area contributed by atoms with Crippen LogP contribution in [-0.4, -0.2) is 21.0 Å². The van der Waals surface area contributed by atoms with Gasteiger partial charge in [-0.2, -0.15) is 0 Å². The quantitative estimate of drug-likeness (QED) is 0.878. The van der Waals surface area contributed by atoms with E-state index < -0.39 is 10.0 Å². The van der Waals surface area contributed by atoms with Crippen molar-refractivity contribution >= 4 is 15.7 Å². The molecule has 1 aromatic rings. The molecule has 2 N–H and O–H groups in total. The lowest BCUT2D eigenvalue weighted by molar-refractivity contribution is 0.560. The van der Waals surface area contributed by atoms with Crippen LogP contribution in [-0.2, 0) is 16.4 Å². The summed E-state index contributed by atoms with van der Waals surface area (Å²) in [5.74, 6) is 0.302. The van der Waals surface area contributed by atoms with Crippen LogP contribution in [0.1, 0.15) is 26.3 Å². The zero-order valence-electron chi connectivity index (χ0n) is 11.0. The summed E-state index contributed by atoms with van der Waals surface area (Å²) in [6.07, 6.45) is 0.878. The molecule has 0 bridgehead atoms. The molecule has 0 saturated heterocycles. The predicted molar refractivity (Wildman–Crippen MR) is 73.3 cm³/mol. The van der Waals surface area contributed by atoms with Gasteiger partial charge in [-0.3, -0.25) is 0 Å². The molecule has 1 aliphatic rings. The second-order valence-electron chi connectivity index (χ2n) is 5.31. The van der Waals surface area contributed by atoms with Gasteiger partial charge in [-0.1, -0.05) is 13.8 Å². The first-order chi connectivity index (χ1) is 8.38. The van der Waals surface area contributed by atoms with E-state index in [0.717, 1.165) is 17.7 Å². The fraction of sp³-hybridized carbons (Fsp3) is 0.538. The number of anilines is 1. The summed E-state index contributed by atoms with van der Waals surface area (Å²) in [7, 11) is -3.37. The molecule has 1 atom stereocenters. The maximum atomic E-state index is 12.1. The van der Waals surface area contributed by atoms with Gasteiger partial charge < -0.3 is 5.32 Å². The van der Waals surface area contributed by atoms with E-state index in [2.05, 4.69) is 17.0 Å². The molecule has 1 heterocycles. The Morgan fingerprint density at radius 3 is 2.83 bits per heavy atom. The maximum Gasteiger partial charge on any atom is 0.240 e. The number of fused-ring (bicyclic) bond motifs is 1. The SMILES string of the molecule is CC(C)CNS(=O)(=O)c1ccc2c(c1)C[C@@H](C)N2. The van der Waals surface area contributed by atoms with Gasteiger partial charge >= 0.3 is 0 Å². The summed E-state index contributed by atoms with van der Waals surface area (Å²) >= 11 is 0. The Labute approximate surface area is 109 Å². The van der Waals surface area contributed by atoms with Gasteiger partial charge in [0.25, 0.3) is 0 Å². The summed E-state index contributed by atoms with van der Waals surface area (Å²) in [5.41, 5.74) is 2.13. The Morgan fingerprint density at radius 2 is 2.17 bits per heavy atom. The maximum absolute atomic E-state index is 12.1. The zero-order chi connectivity index (χ0) is 13.3. The lowest BCUT2D eigenvalue weighted by atomic mass is 10.1. The van der Waals surface area contributed by atoms with Gasteiger partial charge in [0, 0.05) is 18.3 Å². The van der Waals surface area contributed by atoms with Crippen LogP contribution in [0.25, 0.3) is 0 Å². The Morgan fingerprint density at radius 1 is 1.44 bits per heavy atom. The fourth-order valence-electron chi connectivity index (χ4n) is 2.05. The van der Waals surface area contributed by atoms with Crippen molar-refractivity contribution in [3.8, 4) is 0 Å². The highest BCUT2D eigenvalue weighted by molar-refractivity contribution is 7.89. The molecule has 0 unspecified atom stereocenters. The van der Waals surface area contributed by atoms with Crippen molar-refractivity contribution in [2.45, 2.75) is 38.1 Å². The third-order valence-electron chi connectivity index (χ3n) is 3.00. The van der Waals surface area contributed by atoms with Crippen LogP contribution in [0.15, 0.2) is 23.1 Å². The first kappa shape index (κ1) is 13.4. The number of hydrogen-bond donors (Lipinski definition) is 2. The molecule has 1 aromatic carbocycles. The second kappa shape index (κ2) is 4.90. The third kappa shape index (κ3) is 2.84. The Balaban J connectivity index is 2.22. The van der Waals surface area contributed by atoms with Crippen LogP contribution in [0.2, 0.25) is 0 Å². The van der Waals surface area contributed by atoms with Crippen LogP contribution in [0.5, 0.6) is 0 Å². The van der Waals surface area contributed by atoms with Crippen LogP contribution in [0, 0.1) is 5.92 Å². The van der Waals surface area contributed by atoms with Crippen molar-refractivity contribution in [3.05, 3.63) is 23.8 Å².